The molecule has 1 atom stereocenters. The van der Waals surface area contributed by atoms with E-state index < -0.39 is 10.1 Å². The summed E-state index contributed by atoms with van der Waals surface area (Å²) in [6.07, 6.45) is 4.21. The molecule has 0 fully saturated rings. The van der Waals surface area contributed by atoms with Gasteiger partial charge in [0, 0.05) is 10.8 Å². The van der Waals surface area contributed by atoms with Gasteiger partial charge in [0.2, 0.25) is 0 Å². The maximum atomic E-state index is 10.5. The summed E-state index contributed by atoms with van der Waals surface area (Å²) in [6, 6.07) is 0. The van der Waals surface area contributed by atoms with E-state index in [0.29, 0.717) is 13.0 Å². The molecule has 2 heterocycles. The molecule has 20 heavy (non-hydrogen) atoms. The Hall–Kier alpha value is -0.193. The Morgan fingerprint density at radius 3 is 2.65 bits per heavy atom. The number of thiophene rings is 1. The Morgan fingerprint density at radius 1 is 1.20 bits per heavy atom. The Balaban J connectivity index is 0.00000200. The molecule has 0 saturated heterocycles. The van der Waals surface area contributed by atoms with Gasteiger partial charge in [0.1, 0.15) is 12.7 Å². The molecule has 1 aromatic heterocycles. The molecule has 0 spiro atoms. The van der Waals surface area contributed by atoms with E-state index in [9.17, 15) is 8.42 Å². The summed E-state index contributed by atoms with van der Waals surface area (Å²) in [7, 11) is -3.80. The first kappa shape index (κ1) is 17.9. The van der Waals surface area contributed by atoms with Gasteiger partial charge in [0.05, 0.1) is 5.75 Å². The van der Waals surface area contributed by atoms with E-state index in [4.69, 9.17) is 14.0 Å². The average Bonchev–Trinajstić information content (AvgIpc) is 2.79. The number of rotatable bonds is 7. The van der Waals surface area contributed by atoms with E-state index in [1.165, 1.54) is 0 Å². The number of ether oxygens (including phenoxy) is 2. The van der Waals surface area contributed by atoms with Gasteiger partial charge in [0.25, 0.3) is 10.1 Å². The van der Waals surface area contributed by atoms with E-state index in [0.717, 1.165) is 37.2 Å². The second kappa shape index (κ2) is 8.30. The summed E-state index contributed by atoms with van der Waals surface area (Å²) in [5.74, 6) is 1.51. The van der Waals surface area contributed by atoms with E-state index in [1.807, 2.05) is 10.8 Å². The summed E-state index contributed by atoms with van der Waals surface area (Å²) in [5.41, 5.74) is 0. The molecule has 2 rings (SSSR count). The van der Waals surface area contributed by atoms with Gasteiger partial charge >= 0.3 is 18.9 Å². The van der Waals surface area contributed by atoms with Crippen molar-refractivity contribution in [2.45, 2.75) is 38.2 Å². The van der Waals surface area contributed by atoms with Crippen molar-refractivity contribution in [3.63, 3.8) is 0 Å². The summed E-state index contributed by atoms with van der Waals surface area (Å²) >= 11 is 1.56. The molecule has 1 aromatic rings. The fourth-order valence-corrected chi connectivity index (χ4v) is 3.25. The second-order valence-corrected chi connectivity index (χ2v) is 6.96. The average molecular weight is 314 g/mol. The van der Waals surface area contributed by atoms with Gasteiger partial charge in [-0.1, -0.05) is 12.8 Å². The zero-order valence-electron chi connectivity index (χ0n) is 10.6. The van der Waals surface area contributed by atoms with Crippen LogP contribution in [-0.4, -0.2) is 50.3 Å². The molecule has 110 valence electrons. The third kappa shape index (κ3) is 6.06. The Morgan fingerprint density at radius 2 is 1.90 bits per heavy atom. The van der Waals surface area contributed by atoms with Crippen molar-refractivity contribution in [3.8, 4) is 11.5 Å². The molecule has 0 radical (unpaired) electrons. The summed E-state index contributed by atoms with van der Waals surface area (Å²) in [6.45, 7) is 0.578. The van der Waals surface area contributed by atoms with Crippen molar-refractivity contribution in [1.29, 1.82) is 0 Å². The van der Waals surface area contributed by atoms with Gasteiger partial charge in [-0.15, -0.1) is 11.3 Å². The minimum absolute atomic E-state index is 0. The molecule has 1 aliphatic heterocycles. The van der Waals surface area contributed by atoms with Crippen LogP contribution in [0, 0.1) is 0 Å². The van der Waals surface area contributed by atoms with Crippen molar-refractivity contribution in [1.82, 2.24) is 0 Å². The standard InChI is InChI=1S/C12H18O5S2.Li.H/c13-19(14,15)6-4-2-1-3-5-10-7-16-11-8-18-9-12(11)17-10;;/h8-10H,1-7H2,(H,13,14,15);;. The topological polar surface area (TPSA) is 72.8 Å². The molecule has 1 unspecified atom stereocenters. The van der Waals surface area contributed by atoms with Gasteiger partial charge < -0.3 is 9.47 Å². The number of hydrogen-bond donors (Lipinski definition) is 1. The second-order valence-electron chi connectivity index (χ2n) is 4.64. The summed E-state index contributed by atoms with van der Waals surface area (Å²) < 4.78 is 41.0. The van der Waals surface area contributed by atoms with Crippen LogP contribution in [0.5, 0.6) is 11.5 Å². The first-order valence-electron chi connectivity index (χ1n) is 6.35. The van der Waals surface area contributed by atoms with Crippen LogP contribution in [0.15, 0.2) is 10.8 Å². The van der Waals surface area contributed by atoms with Crippen molar-refractivity contribution in [2.24, 2.45) is 0 Å². The quantitative estimate of drug-likeness (QED) is 0.474. The molecule has 5 nitrogen and oxygen atoms in total. The van der Waals surface area contributed by atoms with Crippen LogP contribution in [0.4, 0.5) is 0 Å². The molecule has 1 aliphatic rings. The fraction of sp³-hybridized carbons (Fsp3) is 0.667. The zero-order valence-corrected chi connectivity index (χ0v) is 12.2. The maximum absolute atomic E-state index is 10.5. The molecule has 0 saturated carbocycles. The van der Waals surface area contributed by atoms with Crippen molar-refractivity contribution < 1.29 is 22.4 Å². The van der Waals surface area contributed by atoms with Gasteiger partial charge in [-0.3, -0.25) is 4.55 Å². The molecule has 0 amide bonds. The van der Waals surface area contributed by atoms with Crippen LogP contribution in [-0.2, 0) is 10.1 Å². The van der Waals surface area contributed by atoms with Crippen molar-refractivity contribution >= 4 is 40.3 Å². The molecule has 1 N–H and O–H groups in total. The van der Waals surface area contributed by atoms with Gasteiger partial charge in [0.15, 0.2) is 11.5 Å². The normalized spacial score (nSPS) is 17.6. The number of fused-ring (bicyclic) bond motifs is 1. The zero-order chi connectivity index (χ0) is 13.7. The van der Waals surface area contributed by atoms with E-state index in [2.05, 4.69) is 0 Å². The molecule has 0 aromatic carbocycles. The van der Waals surface area contributed by atoms with Crippen LogP contribution >= 0.6 is 11.3 Å². The molecule has 0 bridgehead atoms. The van der Waals surface area contributed by atoms with Gasteiger partial charge in [-0.2, -0.15) is 8.42 Å². The van der Waals surface area contributed by atoms with E-state index in [1.54, 1.807) is 11.3 Å². The molecular weight excluding hydrogens is 295 g/mol. The number of unbranched alkanes of at least 4 members (excludes halogenated alkanes) is 3. The predicted molar refractivity (Wildman–Crippen MR) is 80.9 cm³/mol. The Kier molecular flexibility index (Phi) is 7.41. The van der Waals surface area contributed by atoms with Crippen LogP contribution in [0.25, 0.3) is 0 Å². The Bertz CT molecular complexity index is 500. The van der Waals surface area contributed by atoms with E-state index >= 15 is 0 Å². The summed E-state index contributed by atoms with van der Waals surface area (Å²) in [4.78, 5) is 0. The van der Waals surface area contributed by atoms with Crippen molar-refractivity contribution in [3.05, 3.63) is 10.8 Å². The Labute approximate surface area is 135 Å². The van der Waals surface area contributed by atoms with Gasteiger partial charge in [-0.05, 0) is 19.3 Å². The first-order valence-corrected chi connectivity index (χ1v) is 8.90. The third-order valence-corrected chi connectivity index (χ3v) is 4.49. The monoisotopic (exact) mass is 314 g/mol. The van der Waals surface area contributed by atoms with Crippen molar-refractivity contribution in [2.75, 3.05) is 12.4 Å². The van der Waals surface area contributed by atoms with Crippen LogP contribution in [0.1, 0.15) is 32.1 Å². The molecule has 8 heteroatoms. The van der Waals surface area contributed by atoms with Crippen LogP contribution in [0.2, 0.25) is 0 Å². The van der Waals surface area contributed by atoms with Crippen LogP contribution in [0.3, 0.4) is 0 Å². The fourth-order valence-electron chi connectivity index (χ4n) is 2.01. The number of hydrogen-bond acceptors (Lipinski definition) is 5. The molecule has 0 aliphatic carbocycles. The first-order chi connectivity index (χ1) is 9.04. The summed E-state index contributed by atoms with van der Waals surface area (Å²) in [5, 5.41) is 3.87. The predicted octanol–water partition coefficient (Wildman–Crippen LogP) is 2.08. The SMILES string of the molecule is O=S(=O)(O)CCCCCCC1COc2cscc2O1.[LiH]. The van der Waals surface area contributed by atoms with Gasteiger partial charge in [-0.25, -0.2) is 0 Å². The van der Waals surface area contributed by atoms with E-state index in [-0.39, 0.29) is 30.7 Å². The van der Waals surface area contributed by atoms with Crippen LogP contribution < -0.4 is 9.47 Å². The molecular formula is C12H19LiO5S2. The third-order valence-electron chi connectivity index (χ3n) is 2.99. The minimum atomic E-state index is -3.80.